The molecular formula is C35H38IN3O7. The summed E-state index contributed by atoms with van der Waals surface area (Å²) >= 11 is 2.02. The van der Waals surface area contributed by atoms with Gasteiger partial charge >= 0.3 is 11.7 Å². The molecular weight excluding hydrogens is 701 g/mol. The molecule has 0 radical (unpaired) electrons. The molecule has 0 amide bonds. The van der Waals surface area contributed by atoms with Crippen LogP contribution in [0.25, 0.3) is 0 Å². The van der Waals surface area contributed by atoms with Crippen LogP contribution in [0.5, 0.6) is 11.5 Å². The molecule has 242 valence electrons. The van der Waals surface area contributed by atoms with E-state index in [4.69, 9.17) is 29.4 Å². The first-order chi connectivity index (χ1) is 22.0. The lowest BCUT2D eigenvalue weighted by Gasteiger charge is -2.37. The van der Waals surface area contributed by atoms with E-state index in [-0.39, 0.29) is 24.8 Å². The molecule has 1 fully saturated rings. The predicted octanol–water partition coefficient (Wildman–Crippen LogP) is 5.70. The number of nitrogens with zero attached hydrogens (tertiary/aromatic N) is 2. The molecule has 0 aliphatic carbocycles. The zero-order valence-electron chi connectivity index (χ0n) is 26.4. The highest BCUT2D eigenvalue weighted by atomic mass is 127. The van der Waals surface area contributed by atoms with Crippen molar-refractivity contribution in [1.82, 2.24) is 9.55 Å². The molecule has 46 heavy (non-hydrogen) atoms. The van der Waals surface area contributed by atoms with Crippen molar-refractivity contribution >= 4 is 34.4 Å². The quantitative estimate of drug-likeness (QED) is 0.124. The summed E-state index contributed by atoms with van der Waals surface area (Å²) in [6, 6.07) is 25.3. The number of nitrogens with two attached hydrogens (primary N) is 1. The van der Waals surface area contributed by atoms with Gasteiger partial charge in [0, 0.05) is 12.6 Å². The Labute approximate surface area is 281 Å². The van der Waals surface area contributed by atoms with Crippen molar-refractivity contribution in [2.24, 2.45) is 5.41 Å². The lowest BCUT2D eigenvalue weighted by molar-refractivity contribution is -0.165. The number of carbonyl (C=O) groups is 1. The van der Waals surface area contributed by atoms with Gasteiger partial charge in [0.2, 0.25) is 0 Å². The number of rotatable bonds is 10. The number of nitrogen functional groups attached to an aromatic ring is 1. The molecule has 0 saturated carbocycles. The molecule has 1 aliphatic heterocycles. The summed E-state index contributed by atoms with van der Waals surface area (Å²) < 4.78 is 32.4. The predicted molar refractivity (Wildman–Crippen MR) is 182 cm³/mol. The maximum atomic E-state index is 13.1. The number of ether oxygens (including phenoxy) is 5. The molecule has 0 spiro atoms. The van der Waals surface area contributed by atoms with Gasteiger partial charge in [-0.15, -0.1) is 0 Å². The van der Waals surface area contributed by atoms with Crippen molar-refractivity contribution in [3.05, 3.63) is 116 Å². The van der Waals surface area contributed by atoms with Crippen LogP contribution in [0.1, 0.15) is 50.1 Å². The Bertz CT molecular complexity index is 1660. The number of benzene rings is 3. The molecule has 1 saturated heterocycles. The molecule has 10 nitrogen and oxygen atoms in total. The van der Waals surface area contributed by atoms with Crippen molar-refractivity contribution in [3.8, 4) is 11.5 Å². The second kappa shape index (κ2) is 13.8. The monoisotopic (exact) mass is 739 g/mol. The van der Waals surface area contributed by atoms with Crippen LogP contribution in [0.3, 0.4) is 0 Å². The number of esters is 1. The van der Waals surface area contributed by atoms with Gasteiger partial charge in [-0.3, -0.25) is 9.36 Å². The van der Waals surface area contributed by atoms with Gasteiger partial charge in [-0.25, -0.2) is 4.79 Å². The molecule has 2 N–H and O–H groups in total. The van der Waals surface area contributed by atoms with E-state index in [1.165, 1.54) is 4.57 Å². The molecule has 0 unspecified atom stereocenters. The van der Waals surface area contributed by atoms with Crippen LogP contribution in [0.15, 0.2) is 89.9 Å². The zero-order valence-corrected chi connectivity index (χ0v) is 28.6. The van der Waals surface area contributed by atoms with Crippen molar-refractivity contribution < 1.29 is 28.5 Å². The lowest BCUT2D eigenvalue weighted by Crippen LogP contribution is -2.40. The molecule has 5 rings (SSSR count). The SMILES string of the molecule is COc1ccc(C(OC[C@H]2O[C@@H](n3cc(I)c(N)nc3=O)C[C@@H]2OC(=O)C(C)(C)C)(c2ccccc2)c2ccc(OC)cc2)cc1. The summed E-state index contributed by atoms with van der Waals surface area (Å²) in [4.78, 5) is 29.9. The van der Waals surface area contributed by atoms with Gasteiger partial charge in [-0.05, 0) is 84.3 Å². The van der Waals surface area contributed by atoms with Crippen LogP contribution in [0.2, 0.25) is 0 Å². The van der Waals surface area contributed by atoms with E-state index in [0.29, 0.717) is 15.1 Å². The van der Waals surface area contributed by atoms with Gasteiger partial charge in [-0.1, -0.05) is 54.6 Å². The Morgan fingerprint density at radius 3 is 2.00 bits per heavy atom. The fourth-order valence-electron chi connectivity index (χ4n) is 5.40. The van der Waals surface area contributed by atoms with Crippen LogP contribution in [0, 0.1) is 8.99 Å². The summed E-state index contributed by atoms with van der Waals surface area (Å²) in [6.45, 7) is 5.38. The summed E-state index contributed by atoms with van der Waals surface area (Å²) in [5.74, 6) is 1.16. The molecule has 1 aromatic heterocycles. The molecule has 3 atom stereocenters. The minimum atomic E-state index is -1.12. The minimum Gasteiger partial charge on any atom is -0.497 e. The maximum Gasteiger partial charge on any atom is 0.351 e. The highest BCUT2D eigenvalue weighted by Gasteiger charge is 2.45. The van der Waals surface area contributed by atoms with E-state index in [1.807, 2.05) is 101 Å². The average Bonchev–Trinajstić information content (AvgIpc) is 3.45. The van der Waals surface area contributed by atoms with Crippen molar-refractivity contribution in [2.75, 3.05) is 26.6 Å². The summed E-state index contributed by atoms with van der Waals surface area (Å²) in [7, 11) is 3.24. The second-order valence-corrected chi connectivity index (χ2v) is 13.2. The normalized spacial score (nSPS) is 18.3. The van der Waals surface area contributed by atoms with Gasteiger partial charge in [0.25, 0.3) is 0 Å². The molecule has 2 heterocycles. The van der Waals surface area contributed by atoms with Crippen LogP contribution >= 0.6 is 22.6 Å². The topological polar surface area (TPSA) is 124 Å². The third-order valence-corrected chi connectivity index (χ3v) is 8.76. The van der Waals surface area contributed by atoms with Gasteiger partial charge in [0.1, 0.15) is 41.4 Å². The number of hydrogen-bond acceptors (Lipinski definition) is 9. The number of methoxy groups -OCH3 is 2. The van der Waals surface area contributed by atoms with E-state index in [2.05, 4.69) is 4.98 Å². The Kier molecular flexibility index (Phi) is 10.0. The Balaban J connectivity index is 1.58. The Morgan fingerprint density at radius 1 is 0.935 bits per heavy atom. The first-order valence-electron chi connectivity index (χ1n) is 14.9. The van der Waals surface area contributed by atoms with Crippen molar-refractivity contribution in [1.29, 1.82) is 0 Å². The zero-order chi connectivity index (χ0) is 33.1. The highest BCUT2D eigenvalue weighted by molar-refractivity contribution is 14.1. The molecule has 3 aromatic carbocycles. The third kappa shape index (κ3) is 6.91. The van der Waals surface area contributed by atoms with Gasteiger partial charge < -0.3 is 29.4 Å². The first kappa shape index (κ1) is 33.4. The fourth-order valence-corrected chi connectivity index (χ4v) is 5.83. The van der Waals surface area contributed by atoms with Crippen LogP contribution in [0.4, 0.5) is 5.82 Å². The summed E-state index contributed by atoms with van der Waals surface area (Å²) in [6.07, 6.45) is -0.364. The van der Waals surface area contributed by atoms with E-state index < -0.39 is 35.1 Å². The number of aromatic nitrogens is 2. The van der Waals surface area contributed by atoms with Crippen LogP contribution < -0.4 is 20.9 Å². The number of carbonyl (C=O) groups excluding carboxylic acids is 1. The molecule has 0 bridgehead atoms. The van der Waals surface area contributed by atoms with E-state index >= 15 is 0 Å². The van der Waals surface area contributed by atoms with Crippen LogP contribution in [-0.2, 0) is 24.6 Å². The number of hydrogen-bond donors (Lipinski definition) is 1. The standard InChI is InChI=1S/C35H38IN3O7/c1-34(2,3)32(40)46-28-19-30(39-20-27(36)31(37)38-33(39)41)45-29(28)21-44-35(22-9-7-6-8-10-22,23-11-15-25(42-4)16-12-23)24-13-17-26(43-5)18-14-24/h6-18,20,28-30H,19,21H2,1-5H3,(H2,37,38,41)/t28-,29+,30+/m0/s1. The largest absolute Gasteiger partial charge is 0.497 e. The van der Waals surface area contributed by atoms with Gasteiger partial charge in [-0.2, -0.15) is 4.98 Å². The minimum absolute atomic E-state index is 0.0137. The smallest absolute Gasteiger partial charge is 0.351 e. The molecule has 11 heteroatoms. The summed E-state index contributed by atoms with van der Waals surface area (Å²) in [5, 5.41) is 0. The molecule has 1 aliphatic rings. The Morgan fingerprint density at radius 2 is 1.48 bits per heavy atom. The molecule has 4 aromatic rings. The van der Waals surface area contributed by atoms with E-state index in [1.54, 1.807) is 41.2 Å². The first-order valence-corrected chi connectivity index (χ1v) is 15.9. The lowest BCUT2D eigenvalue weighted by atomic mass is 9.80. The van der Waals surface area contributed by atoms with Crippen molar-refractivity contribution in [3.63, 3.8) is 0 Å². The van der Waals surface area contributed by atoms with Crippen molar-refractivity contribution in [2.45, 2.75) is 51.2 Å². The summed E-state index contributed by atoms with van der Waals surface area (Å²) in [5.41, 5.74) is 6.01. The highest BCUT2D eigenvalue weighted by Crippen LogP contribution is 2.43. The number of halogens is 1. The number of anilines is 1. The average molecular weight is 740 g/mol. The van der Waals surface area contributed by atoms with Crippen LogP contribution in [-0.4, -0.2) is 48.6 Å². The third-order valence-electron chi connectivity index (χ3n) is 7.93. The Hall–Kier alpha value is -3.94. The van der Waals surface area contributed by atoms with E-state index in [0.717, 1.165) is 16.7 Å². The second-order valence-electron chi connectivity index (χ2n) is 12.0. The van der Waals surface area contributed by atoms with Gasteiger partial charge in [0.05, 0.1) is 29.8 Å². The fraction of sp³-hybridized carbons (Fsp3) is 0.343. The maximum absolute atomic E-state index is 13.1. The van der Waals surface area contributed by atoms with Gasteiger partial charge in [0.15, 0.2) is 0 Å². The van der Waals surface area contributed by atoms with E-state index in [9.17, 15) is 9.59 Å².